The summed E-state index contributed by atoms with van der Waals surface area (Å²) in [6, 6.07) is 5.09. The third-order valence-corrected chi connectivity index (χ3v) is 4.65. The fraction of sp³-hybridized carbons (Fsp3) is 0.571. The number of nitrogens with one attached hydrogen (secondary N) is 1. The van der Waals surface area contributed by atoms with Crippen LogP contribution in [0.2, 0.25) is 0 Å². The van der Waals surface area contributed by atoms with Gasteiger partial charge in [0.15, 0.2) is 0 Å². The third kappa shape index (κ3) is 2.18. The van der Waals surface area contributed by atoms with Crippen molar-refractivity contribution in [2.45, 2.75) is 33.2 Å². The van der Waals surface area contributed by atoms with Gasteiger partial charge < -0.3 is 5.32 Å². The van der Waals surface area contributed by atoms with E-state index >= 15 is 0 Å². The van der Waals surface area contributed by atoms with E-state index in [1.165, 1.54) is 27.6 Å². The van der Waals surface area contributed by atoms with Crippen LogP contribution >= 0.6 is 15.9 Å². The first kappa shape index (κ1) is 12.1. The standard InChI is InChI=1S/C14H20BrN/c1-8-5-11(8)14(16-4)12-6-10(3)13(15)7-9(12)2/h6-8,11,14,16H,5H2,1-4H3. The van der Waals surface area contributed by atoms with Gasteiger partial charge in [0.05, 0.1) is 0 Å². The third-order valence-electron chi connectivity index (χ3n) is 3.79. The SMILES string of the molecule is CNC(c1cc(C)c(Br)cc1C)C1CC1C. The second kappa shape index (κ2) is 4.50. The Morgan fingerprint density at radius 1 is 1.31 bits per heavy atom. The topological polar surface area (TPSA) is 12.0 Å². The van der Waals surface area contributed by atoms with E-state index in [4.69, 9.17) is 0 Å². The molecule has 0 saturated heterocycles. The summed E-state index contributed by atoms with van der Waals surface area (Å²) in [5, 5.41) is 3.48. The van der Waals surface area contributed by atoms with Gasteiger partial charge in [-0.3, -0.25) is 0 Å². The summed E-state index contributed by atoms with van der Waals surface area (Å²) in [5.41, 5.74) is 4.18. The van der Waals surface area contributed by atoms with Crippen LogP contribution in [-0.2, 0) is 0 Å². The van der Waals surface area contributed by atoms with E-state index in [0.717, 1.165) is 11.8 Å². The lowest BCUT2D eigenvalue weighted by atomic mass is 9.95. The molecule has 0 aromatic heterocycles. The molecule has 88 valence electrons. The van der Waals surface area contributed by atoms with Crippen molar-refractivity contribution in [3.05, 3.63) is 33.3 Å². The summed E-state index contributed by atoms with van der Waals surface area (Å²) in [5.74, 6) is 1.70. The van der Waals surface area contributed by atoms with E-state index in [9.17, 15) is 0 Å². The lowest BCUT2D eigenvalue weighted by molar-refractivity contribution is 0.501. The van der Waals surface area contributed by atoms with Gasteiger partial charge >= 0.3 is 0 Å². The maximum absolute atomic E-state index is 3.60. The van der Waals surface area contributed by atoms with Crippen molar-refractivity contribution in [3.63, 3.8) is 0 Å². The quantitative estimate of drug-likeness (QED) is 0.884. The maximum atomic E-state index is 3.60. The minimum Gasteiger partial charge on any atom is -0.313 e. The zero-order valence-electron chi connectivity index (χ0n) is 10.5. The fourth-order valence-electron chi connectivity index (χ4n) is 2.55. The van der Waals surface area contributed by atoms with Crippen LogP contribution in [-0.4, -0.2) is 7.05 Å². The van der Waals surface area contributed by atoms with Crippen molar-refractivity contribution in [2.75, 3.05) is 7.05 Å². The zero-order chi connectivity index (χ0) is 11.9. The van der Waals surface area contributed by atoms with E-state index in [1.807, 2.05) is 0 Å². The highest BCUT2D eigenvalue weighted by molar-refractivity contribution is 9.10. The molecule has 0 aliphatic heterocycles. The smallest absolute Gasteiger partial charge is 0.0351 e. The molecule has 16 heavy (non-hydrogen) atoms. The average molecular weight is 282 g/mol. The first-order valence-corrected chi connectivity index (χ1v) is 6.77. The number of rotatable bonds is 3. The number of aryl methyl sites for hydroxylation is 2. The summed E-state index contributed by atoms with van der Waals surface area (Å²) < 4.78 is 1.22. The van der Waals surface area contributed by atoms with Crippen LogP contribution < -0.4 is 5.32 Å². The van der Waals surface area contributed by atoms with E-state index in [0.29, 0.717) is 6.04 Å². The molecule has 3 unspecified atom stereocenters. The van der Waals surface area contributed by atoms with E-state index in [-0.39, 0.29) is 0 Å². The van der Waals surface area contributed by atoms with Crippen LogP contribution in [0, 0.1) is 25.7 Å². The lowest BCUT2D eigenvalue weighted by Gasteiger charge is -2.20. The van der Waals surface area contributed by atoms with Crippen LogP contribution in [0.1, 0.15) is 36.1 Å². The molecule has 1 aromatic carbocycles. The molecule has 3 atom stereocenters. The molecule has 0 radical (unpaired) electrons. The second-order valence-electron chi connectivity index (χ2n) is 5.10. The van der Waals surface area contributed by atoms with Crippen molar-refractivity contribution in [2.24, 2.45) is 11.8 Å². The Morgan fingerprint density at radius 2 is 1.94 bits per heavy atom. The summed E-state index contributed by atoms with van der Waals surface area (Å²) in [6.07, 6.45) is 1.36. The van der Waals surface area contributed by atoms with Crippen LogP contribution in [0.3, 0.4) is 0 Å². The predicted molar refractivity (Wildman–Crippen MR) is 72.7 cm³/mol. The van der Waals surface area contributed by atoms with Crippen molar-refractivity contribution < 1.29 is 0 Å². The molecule has 1 saturated carbocycles. The van der Waals surface area contributed by atoms with Gasteiger partial charge in [-0.15, -0.1) is 0 Å². The molecule has 0 spiro atoms. The normalized spacial score (nSPS) is 25.6. The molecular weight excluding hydrogens is 262 g/mol. The first-order chi connectivity index (χ1) is 7.54. The average Bonchev–Trinajstić information content (AvgIpc) is 2.92. The van der Waals surface area contributed by atoms with Gasteiger partial charge in [-0.1, -0.05) is 28.9 Å². The Morgan fingerprint density at radius 3 is 2.44 bits per heavy atom. The van der Waals surface area contributed by atoms with Gasteiger partial charge in [0.25, 0.3) is 0 Å². The molecule has 1 nitrogen and oxygen atoms in total. The Kier molecular flexibility index (Phi) is 3.41. The van der Waals surface area contributed by atoms with Crippen LogP contribution in [0.4, 0.5) is 0 Å². The van der Waals surface area contributed by atoms with Crippen LogP contribution in [0.25, 0.3) is 0 Å². The maximum Gasteiger partial charge on any atom is 0.0351 e. The van der Waals surface area contributed by atoms with Crippen LogP contribution in [0.5, 0.6) is 0 Å². The highest BCUT2D eigenvalue weighted by atomic mass is 79.9. The van der Waals surface area contributed by atoms with E-state index in [1.54, 1.807) is 0 Å². The summed E-state index contributed by atoms with van der Waals surface area (Å²) in [7, 11) is 2.08. The first-order valence-electron chi connectivity index (χ1n) is 5.98. The largest absolute Gasteiger partial charge is 0.313 e. The highest BCUT2D eigenvalue weighted by Crippen LogP contribution is 2.47. The van der Waals surface area contributed by atoms with Crippen molar-refractivity contribution in [1.29, 1.82) is 0 Å². The fourth-order valence-corrected chi connectivity index (χ4v) is 3.01. The summed E-state index contributed by atoms with van der Waals surface area (Å²) in [4.78, 5) is 0. The molecule has 2 heteroatoms. The number of halogens is 1. The Bertz CT molecular complexity index is 400. The highest BCUT2D eigenvalue weighted by Gasteiger charge is 2.39. The molecule has 1 aliphatic carbocycles. The van der Waals surface area contributed by atoms with Gasteiger partial charge in [0.1, 0.15) is 0 Å². The van der Waals surface area contributed by atoms with Crippen LogP contribution in [0.15, 0.2) is 16.6 Å². The Hall–Kier alpha value is -0.340. The van der Waals surface area contributed by atoms with Crippen molar-refractivity contribution in [3.8, 4) is 0 Å². The predicted octanol–water partition coefficient (Wildman–Crippen LogP) is 3.98. The van der Waals surface area contributed by atoms with Crippen molar-refractivity contribution >= 4 is 15.9 Å². The number of hydrogen-bond acceptors (Lipinski definition) is 1. The Labute approximate surface area is 107 Å². The minimum absolute atomic E-state index is 0.529. The summed E-state index contributed by atoms with van der Waals surface area (Å²) >= 11 is 3.60. The molecule has 1 aliphatic rings. The van der Waals surface area contributed by atoms with Gasteiger partial charge in [-0.05, 0) is 61.9 Å². The molecule has 2 rings (SSSR count). The Balaban J connectivity index is 2.34. The zero-order valence-corrected chi connectivity index (χ0v) is 12.1. The monoisotopic (exact) mass is 281 g/mol. The van der Waals surface area contributed by atoms with E-state index in [2.05, 4.69) is 61.2 Å². The molecule has 1 aromatic rings. The van der Waals surface area contributed by atoms with E-state index < -0.39 is 0 Å². The second-order valence-corrected chi connectivity index (χ2v) is 5.96. The van der Waals surface area contributed by atoms with Gasteiger partial charge in [-0.25, -0.2) is 0 Å². The minimum atomic E-state index is 0.529. The molecule has 1 N–H and O–H groups in total. The number of hydrogen-bond donors (Lipinski definition) is 1. The summed E-state index contributed by atoms with van der Waals surface area (Å²) in [6.45, 7) is 6.71. The van der Waals surface area contributed by atoms with Gasteiger partial charge in [-0.2, -0.15) is 0 Å². The molecule has 0 amide bonds. The lowest BCUT2D eigenvalue weighted by Crippen LogP contribution is -2.20. The molecule has 0 bridgehead atoms. The molecular formula is C14H20BrN. The molecule has 0 heterocycles. The van der Waals surface area contributed by atoms with Gasteiger partial charge in [0, 0.05) is 10.5 Å². The van der Waals surface area contributed by atoms with Crippen molar-refractivity contribution in [1.82, 2.24) is 5.32 Å². The molecule has 1 fully saturated rings. The number of benzene rings is 1. The van der Waals surface area contributed by atoms with Gasteiger partial charge in [0.2, 0.25) is 0 Å².